The van der Waals surface area contributed by atoms with Gasteiger partial charge in [-0.25, -0.2) is 0 Å². The second-order valence-electron chi connectivity index (χ2n) is 6.46. The predicted molar refractivity (Wildman–Crippen MR) is 100 cm³/mol. The number of ketones is 1. The third-order valence-electron chi connectivity index (χ3n) is 4.53. The number of alkyl halides is 2. The summed E-state index contributed by atoms with van der Waals surface area (Å²) in [6.45, 7) is -0.891. The van der Waals surface area contributed by atoms with E-state index in [1.54, 1.807) is 18.2 Å². The highest BCUT2D eigenvalue weighted by Gasteiger charge is 2.43. The molecule has 0 aromatic heterocycles. The van der Waals surface area contributed by atoms with Crippen molar-refractivity contribution in [3.8, 4) is 22.6 Å². The molecule has 0 saturated carbocycles. The molecule has 2 amide bonds. The molecule has 0 aliphatic carbocycles. The van der Waals surface area contributed by atoms with Crippen LogP contribution in [0.4, 0.5) is 8.78 Å². The SMILES string of the molecule is CNC(=O)C(C(=O)CO)N(C)C(=O)c1ccc(-c2ccc3c(c2)OC(F)(F)O3)cc1. The van der Waals surface area contributed by atoms with Crippen LogP contribution in [0.1, 0.15) is 10.4 Å². The molecule has 2 N–H and O–H groups in total. The Balaban J connectivity index is 1.81. The molecular weight excluding hydrogens is 402 g/mol. The Labute approximate surface area is 170 Å². The summed E-state index contributed by atoms with van der Waals surface area (Å²) in [4.78, 5) is 37.5. The topological polar surface area (TPSA) is 105 Å². The second kappa shape index (κ2) is 8.07. The van der Waals surface area contributed by atoms with Gasteiger partial charge in [-0.1, -0.05) is 18.2 Å². The zero-order valence-electron chi connectivity index (χ0n) is 16.0. The van der Waals surface area contributed by atoms with Gasteiger partial charge in [0.1, 0.15) is 6.61 Å². The van der Waals surface area contributed by atoms with Gasteiger partial charge >= 0.3 is 6.29 Å². The molecule has 1 aliphatic rings. The fourth-order valence-electron chi connectivity index (χ4n) is 3.02. The number of aliphatic hydroxyl groups is 1. The van der Waals surface area contributed by atoms with Gasteiger partial charge in [0, 0.05) is 19.7 Å². The number of hydrogen-bond donors (Lipinski definition) is 2. The molecule has 1 atom stereocenters. The molecule has 2 aromatic carbocycles. The van der Waals surface area contributed by atoms with Crippen LogP contribution in [-0.4, -0.2) is 60.6 Å². The first-order chi connectivity index (χ1) is 14.2. The Kier molecular flexibility index (Phi) is 5.70. The largest absolute Gasteiger partial charge is 0.586 e. The van der Waals surface area contributed by atoms with Crippen LogP contribution in [0, 0.1) is 0 Å². The monoisotopic (exact) mass is 420 g/mol. The Morgan fingerprint density at radius 1 is 1.07 bits per heavy atom. The number of nitrogens with zero attached hydrogens (tertiary/aromatic N) is 1. The van der Waals surface area contributed by atoms with Crippen molar-refractivity contribution in [1.29, 1.82) is 0 Å². The maximum Gasteiger partial charge on any atom is 0.586 e. The van der Waals surface area contributed by atoms with Crippen molar-refractivity contribution in [3.05, 3.63) is 48.0 Å². The summed E-state index contributed by atoms with van der Waals surface area (Å²) < 4.78 is 35.1. The van der Waals surface area contributed by atoms with Gasteiger partial charge in [-0.3, -0.25) is 14.4 Å². The van der Waals surface area contributed by atoms with E-state index in [1.807, 2.05) is 0 Å². The van der Waals surface area contributed by atoms with Gasteiger partial charge in [0.2, 0.25) is 5.91 Å². The number of amides is 2. The number of Topliss-reactive ketones (excluding diaryl/α,β-unsaturated/α-hetero) is 1. The molecule has 0 saturated heterocycles. The lowest BCUT2D eigenvalue weighted by Crippen LogP contribution is -2.52. The number of aliphatic hydroxyl groups excluding tert-OH is 1. The van der Waals surface area contributed by atoms with E-state index < -0.39 is 36.5 Å². The van der Waals surface area contributed by atoms with Crippen LogP contribution >= 0.6 is 0 Å². The van der Waals surface area contributed by atoms with Crippen LogP contribution in [0.15, 0.2) is 42.5 Å². The molecule has 10 heteroatoms. The summed E-state index contributed by atoms with van der Waals surface area (Å²) in [7, 11) is 2.59. The van der Waals surface area contributed by atoms with E-state index >= 15 is 0 Å². The molecule has 0 bridgehead atoms. The quantitative estimate of drug-likeness (QED) is 0.685. The molecule has 158 valence electrons. The van der Waals surface area contributed by atoms with Gasteiger partial charge in [-0.05, 0) is 35.4 Å². The van der Waals surface area contributed by atoms with Crippen molar-refractivity contribution in [3.63, 3.8) is 0 Å². The van der Waals surface area contributed by atoms with Gasteiger partial charge in [-0.15, -0.1) is 8.78 Å². The molecule has 1 unspecified atom stereocenters. The van der Waals surface area contributed by atoms with Gasteiger partial charge in [0.25, 0.3) is 5.91 Å². The summed E-state index contributed by atoms with van der Waals surface area (Å²) in [5.74, 6) is -2.33. The second-order valence-corrected chi connectivity index (χ2v) is 6.46. The number of benzene rings is 2. The molecule has 1 heterocycles. The smallest absolute Gasteiger partial charge is 0.395 e. The minimum absolute atomic E-state index is 0.0778. The molecule has 0 spiro atoms. The first-order valence-electron chi connectivity index (χ1n) is 8.79. The zero-order valence-corrected chi connectivity index (χ0v) is 16.0. The average Bonchev–Trinajstić information content (AvgIpc) is 3.05. The van der Waals surface area contributed by atoms with Gasteiger partial charge in [-0.2, -0.15) is 0 Å². The molecule has 0 radical (unpaired) electrons. The van der Waals surface area contributed by atoms with E-state index in [4.69, 9.17) is 5.11 Å². The lowest BCUT2D eigenvalue weighted by atomic mass is 10.0. The highest BCUT2D eigenvalue weighted by Crippen LogP contribution is 2.42. The first kappa shape index (κ1) is 21.2. The Morgan fingerprint density at radius 2 is 1.67 bits per heavy atom. The number of nitrogens with one attached hydrogen (secondary N) is 1. The number of fused-ring (bicyclic) bond motifs is 1. The lowest BCUT2D eigenvalue weighted by Gasteiger charge is -2.25. The van der Waals surface area contributed by atoms with E-state index in [1.165, 1.54) is 38.4 Å². The van der Waals surface area contributed by atoms with Crippen LogP contribution < -0.4 is 14.8 Å². The fourth-order valence-corrected chi connectivity index (χ4v) is 3.02. The highest BCUT2D eigenvalue weighted by atomic mass is 19.3. The van der Waals surface area contributed by atoms with Crippen molar-refractivity contribution in [2.45, 2.75) is 12.3 Å². The lowest BCUT2D eigenvalue weighted by molar-refractivity contribution is -0.286. The summed E-state index contributed by atoms with van der Waals surface area (Å²) in [6.07, 6.45) is -3.71. The summed E-state index contributed by atoms with van der Waals surface area (Å²) >= 11 is 0. The molecule has 3 rings (SSSR count). The number of carbonyl (C=O) groups excluding carboxylic acids is 3. The Bertz CT molecular complexity index is 977. The first-order valence-corrected chi connectivity index (χ1v) is 8.79. The predicted octanol–water partition coefficient (Wildman–Crippen LogP) is 1.42. The molecule has 8 nitrogen and oxygen atoms in total. The van der Waals surface area contributed by atoms with Gasteiger partial charge in [0.05, 0.1) is 0 Å². The molecule has 2 aromatic rings. The maximum atomic E-state index is 13.2. The number of likely N-dealkylation sites (N-methyl/N-ethyl adjacent to an activating group) is 2. The minimum Gasteiger partial charge on any atom is -0.395 e. The molecule has 0 fully saturated rings. The third-order valence-corrected chi connectivity index (χ3v) is 4.53. The number of carbonyl (C=O) groups is 3. The number of rotatable bonds is 6. The molecule has 1 aliphatic heterocycles. The van der Waals surface area contributed by atoms with Crippen LogP contribution in [0.3, 0.4) is 0 Å². The van der Waals surface area contributed by atoms with Crippen LogP contribution in [0.2, 0.25) is 0 Å². The summed E-state index contributed by atoms with van der Waals surface area (Å²) in [6, 6.07) is 8.94. The normalized spacial score (nSPS) is 14.7. The summed E-state index contributed by atoms with van der Waals surface area (Å²) in [5, 5.41) is 11.4. The molecule has 30 heavy (non-hydrogen) atoms. The summed E-state index contributed by atoms with van der Waals surface area (Å²) in [5.41, 5.74) is 1.36. The highest BCUT2D eigenvalue weighted by molar-refractivity contribution is 6.10. The van der Waals surface area contributed by atoms with Crippen molar-refractivity contribution < 1.29 is 37.7 Å². The number of ether oxygens (including phenoxy) is 2. The fraction of sp³-hybridized carbons (Fsp3) is 0.250. The Morgan fingerprint density at radius 3 is 2.27 bits per heavy atom. The standard InChI is InChI=1S/C20H18F2N2O6/c1-23-18(27)17(14(26)10-25)24(2)19(28)12-5-3-11(4-6-12)13-7-8-15-16(9-13)30-20(21,22)29-15/h3-9,17,25H,10H2,1-2H3,(H,23,27). The number of hydrogen-bond acceptors (Lipinski definition) is 6. The van der Waals surface area contributed by atoms with Crippen molar-refractivity contribution in [2.24, 2.45) is 0 Å². The van der Waals surface area contributed by atoms with E-state index in [0.717, 1.165) is 4.90 Å². The van der Waals surface area contributed by atoms with E-state index in [2.05, 4.69) is 14.8 Å². The number of halogens is 2. The van der Waals surface area contributed by atoms with Crippen molar-refractivity contribution in [2.75, 3.05) is 20.7 Å². The van der Waals surface area contributed by atoms with Gasteiger partial charge < -0.3 is 24.8 Å². The van der Waals surface area contributed by atoms with Crippen LogP contribution in [0.5, 0.6) is 11.5 Å². The van der Waals surface area contributed by atoms with Crippen molar-refractivity contribution in [1.82, 2.24) is 10.2 Å². The average molecular weight is 420 g/mol. The zero-order chi connectivity index (χ0) is 22.1. The van der Waals surface area contributed by atoms with Gasteiger partial charge in [0.15, 0.2) is 23.3 Å². The maximum absolute atomic E-state index is 13.2. The van der Waals surface area contributed by atoms with E-state index in [9.17, 15) is 23.2 Å². The third kappa shape index (κ3) is 4.08. The van der Waals surface area contributed by atoms with Crippen molar-refractivity contribution >= 4 is 17.6 Å². The van der Waals surface area contributed by atoms with E-state index in [-0.39, 0.29) is 17.1 Å². The van der Waals surface area contributed by atoms with Crippen LogP contribution in [-0.2, 0) is 9.59 Å². The minimum atomic E-state index is -3.71. The molecular formula is C20H18F2N2O6. The van der Waals surface area contributed by atoms with Crippen LogP contribution in [0.25, 0.3) is 11.1 Å². The van der Waals surface area contributed by atoms with E-state index in [0.29, 0.717) is 11.1 Å². The Hall–Kier alpha value is -3.53.